The molecule has 0 radical (unpaired) electrons. The van der Waals surface area contributed by atoms with Crippen LogP contribution in [0, 0.1) is 13.8 Å². The molecule has 20 heavy (non-hydrogen) atoms. The summed E-state index contributed by atoms with van der Waals surface area (Å²) in [5.74, 6) is 0. The lowest BCUT2D eigenvalue weighted by Crippen LogP contribution is -1.89. The topological polar surface area (TPSA) is 38.9 Å². The van der Waals surface area contributed by atoms with Crippen molar-refractivity contribution in [2.45, 2.75) is 13.8 Å². The Morgan fingerprint density at radius 1 is 1.00 bits per heavy atom. The maximum absolute atomic E-state index is 6.01. The number of aryl methyl sites for hydroxylation is 2. The Balaban J connectivity index is 2.02. The molecule has 2 nitrogen and oxygen atoms in total. The molecule has 0 bridgehead atoms. The molecule has 0 atom stereocenters. The van der Waals surface area contributed by atoms with Crippen LogP contribution in [0.15, 0.2) is 47.8 Å². The van der Waals surface area contributed by atoms with Crippen LogP contribution >= 0.6 is 11.3 Å². The summed E-state index contributed by atoms with van der Waals surface area (Å²) in [7, 11) is 0. The molecule has 2 N–H and O–H groups in total. The van der Waals surface area contributed by atoms with E-state index in [-0.39, 0.29) is 0 Å². The number of nitrogen functional groups attached to an aromatic ring is 1. The zero-order chi connectivity index (χ0) is 14.1. The number of nitrogens with zero attached hydrogens (tertiary/aromatic N) is 1. The van der Waals surface area contributed by atoms with E-state index >= 15 is 0 Å². The first-order chi connectivity index (χ1) is 9.65. The predicted octanol–water partition coefficient (Wildman–Crippen LogP) is 4.68. The highest BCUT2D eigenvalue weighted by molar-refractivity contribution is 7.13. The van der Waals surface area contributed by atoms with Crippen LogP contribution in [0.25, 0.3) is 21.8 Å². The zero-order valence-electron chi connectivity index (χ0n) is 11.6. The van der Waals surface area contributed by atoms with Gasteiger partial charge >= 0.3 is 0 Å². The first kappa shape index (κ1) is 12.9. The van der Waals surface area contributed by atoms with Crippen molar-refractivity contribution in [1.82, 2.24) is 4.98 Å². The van der Waals surface area contributed by atoms with Gasteiger partial charge in [-0.05, 0) is 43.2 Å². The SMILES string of the molecule is Cc1ccc(-c2csc(-c3ccccc3N)n2)cc1C. The van der Waals surface area contributed by atoms with Crippen molar-refractivity contribution in [3.8, 4) is 21.8 Å². The fraction of sp³-hybridized carbons (Fsp3) is 0.118. The molecule has 0 amide bonds. The molecule has 3 aromatic rings. The highest BCUT2D eigenvalue weighted by Gasteiger charge is 2.09. The number of para-hydroxylation sites is 1. The molecule has 1 aromatic heterocycles. The Kier molecular flexibility index (Phi) is 3.28. The summed E-state index contributed by atoms with van der Waals surface area (Å²) < 4.78 is 0. The Bertz CT molecular complexity index is 759. The average molecular weight is 280 g/mol. The van der Waals surface area contributed by atoms with E-state index in [2.05, 4.69) is 37.4 Å². The number of anilines is 1. The van der Waals surface area contributed by atoms with Crippen LogP contribution in [0.2, 0.25) is 0 Å². The third-order valence-electron chi connectivity index (χ3n) is 3.50. The third kappa shape index (κ3) is 2.32. The van der Waals surface area contributed by atoms with Crippen LogP contribution in [0.1, 0.15) is 11.1 Å². The van der Waals surface area contributed by atoms with Gasteiger partial charge in [-0.3, -0.25) is 0 Å². The van der Waals surface area contributed by atoms with Gasteiger partial charge in [0.1, 0.15) is 5.01 Å². The van der Waals surface area contributed by atoms with Crippen LogP contribution < -0.4 is 5.73 Å². The van der Waals surface area contributed by atoms with Crippen LogP contribution in [0.3, 0.4) is 0 Å². The molecule has 1 heterocycles. The smallest absolute Gasteiger partial charge is 0.126 e. The number of nitrogens with two attached hydrogens (primary N) is 1. The molecule has 0 saturated heterocycles. The van der Waals surface area contributed by atoms with E-state index in [4.69, 9.17) is 10.7 Å². The van der Waals surface area contributed by atoms with Gasteiger partial charge in [0.05, 0.1) is 5.69 Å². The van der Waals surface area contributed by atoms with Crippen LogP contribution in [-0.2, 0) is 0 Å². The highest BCUT2D eigenvalue weighted by Crippen LogP contribution is 2.32. The minimum atomic E-state index is 0.772. The number of hydrogen-bond donors (Lipinski definition) is 1. The summed E-state index contributed by atoms with van der Waals surface area (Å²) in [6.45, 7) is 4.25. The van der Waals surface area contributed by atoms with Gasteiger partial charge in [-0.15, -0.1) is 11.3 Å². The van der Waals surface area contributed by atoms with Crippen molar-refractivity contribution < 1.29 is 0 Å². The maximum atomic E-state index is 6.01. The van der Waals surface area contributed by atoms with E-state index in [0.29, 0.717) is 0 Å². The van der Waals surface area contributed by atoms with Gasteiger partial charge in [0.15, 0.2) is 0 Å². The Morgan fingerprint density at radius 2 is 1.80 bits per heavy atom. The van der Waals surface area contributed by atoms with Crippen molar-refractivity contribution >= 4 is 17.0 Å². The van der Waals surface area contributed by atoms with Crippen LogP contribution in [0.4, 0.5) is 5.69 Å². The molecule has 3 rings (SSSR count). The molecule has 3 heteroatoms. The maximum Gasteiger partial charge on any atom is 0.126 e. The van der Waals surface area contributed by atoms with E-state index < -0.39 is 0 Å². The van der Waals surface area contributed by atoms with E-state index in [1.807, 2.05) is 24.3 Å². The number of hydrogen-bond acceptors (Lipinski definition) is 3. The standard InChI is InChI=1S/C17H16N2S/c1-11-7-8-13(9-12(11)2)16-10-20-17(19-16)14-5-3-4-6-15(14)18/h3-10H,18H2,1-2H3. The molecule has 0 saturated carbocycles. The van der Waals surface area contributed by atoms with Gasteiger partial charge in [-0.25, -0.2) is 4.98 Å². The van der Waals surface area contributed by atoms with Gasteiger partial charge in [-0.2, -0.15) is 0 Å². The summed E-state index contributed by atoms with van der Waals surface area (Å²) in [5.41, 5.74) is 12.5. The minimum Gasteiger partial charge on any atom is -0.398 e. The van der Waals surface area contributed by atoms with Crippen molar-refractivity contribution in [2.75, 3.05) is 5.73 Å². The quantitative estimate of drug-likeness (QED) is 0.692. The predicted molar refractivity (Wildman–Crippen MR) is 86.9 cm³/mol. The van der Waals surface area contributed by atoms with E-state index in [1.54, 1.807) is 11.3 Å². The second kappa shape index (κ2) is 5.10. The van der Waals surface area contributed by atoms with Crippen LogP contribution in [0.5, 0.6) is 0 Å². The van der Waals surface area contributed by atoms with Gasteiger partial charge in [0.25, 0.3) is 0 Å². The average Bonchev–Trinajstić information content (AvgIpc) is 2.92. The van der Waals surface area contributed by atoms with Crippen molar-refractivity contribution in [3.05, 3.63) is 59.0 Å². The highest BCUT2D eigenvalue weighted by atomic mass is 32.1. The second-order valence-corrected chi connectivity index (χ2v) is 5.78. The summed E-state index contributed by atoms with van der Waals surface area (Å²) in [5, 5.41) is 3.06. The fourth-order valence-corrected chi connectivity index (χ4v) is 3.00. The van der Waals surface area contributed by atoms with E-state index in [0.717, 1.165) is 27.5 Å². The molecule has 100 valence electrons. The van der Waals surface area contributed by atoms with E-state index in [9.17, 15) is 0 Å². The lowest BCUT2D eigenvalue weighted by molar-refractivity contribution is 1.32. The molecular formula is C17H16N2S. The number of rotatable bonds is 2. The Labute approximate surface area is 122 Å². The number of aromatic nitrogens is 1. The number of benzene rings is 2. The van der Waals surface area contributed by atoms with E-state index in [1.165, 1.54) is 11.1 Å². The first-order valence-corrected chi connectivity index (χ1v) is 7.41. The van der Waals surface area contributed by atoms with Gasteiger partial charge < -0.3 is 5.73 Å². The molecule has 0 spiro atoms. The first-order valence-electron chi connectivity index (χ1n) is 6.53. The molecule has 0 aliphatic heterocycles. The normalized spacial score (nSPS) is 10.7. The molecule has 2 aromatic carbocycles. The fourth-order valence-electron chi connectivity index (χ4n) is 2.12. The molecular weight excluding hydrogens is 264 g/mol. The third-order valence-corrected chi connectivity index (χ3v) is 4.37. The summed E-state index contributed by atoms with van der Waals surface area (Å²) >= 11 is 1.63. The minimum absolute atomic E-state index is 0.772. The second-order valence-electron chi connectivity index (χ2n) is 4.92. The Morgan fingerprint density at radius 3 is 2.55 bits per heavy atom. The Hall–Kier alpha value is -2.13. The molecule has 0 fully saturated rings. The summed E-state index contributed by atoms with van der Waals surface area (Å²) in [6, 6.07) is 14.3. The zero-order valence-corrected chi connectivity index (χ0v) is 12.4. The van der Waals surface area contributed by atoms with Gasteiger partial charge in [0.2, 0.25) is 0 Å². The van der Waals surface area contributed by atoms with Gasteiger partial charge in [-0.1, -0.05) is 24.3 Å². The van der Waals surface area contributed by atoms with Crippen molar-refractivity contribution in [2.24, 2.45) is 0 Å². The lowest BCUT2D eigenvalue weighted by atomic mass is 10.1. The molecule has 0 unspecified atom stereocenters. The number of thiazole rings is 1. The monoisotopic (exact) mass is 280 g/mol. The van der Waals surface area contributed by atoms with Crippen molar-refractivity contribution in [3.63, 3.8) is 0 Å². The molecule has 0 aliphatic rings. The lowest BCUT2D eigenvalue weighted by Gasteiger charge is -2.03. The summed E-state index contributed by atoms with van der Waals surface area (Å²) in [6.07, 6.45) is 0. The summed E-state index contributed by atoms with van der Waals surface area (Å²) in [4.78, 5) is 4.72. The largest absolute Gasteiger partial charge is 0.398 e. The van der Waals surface area contributed by atoms with Crippen molar-refractivity contribution in [1.29, 1.82) is 0 Å². The van der Waals surface area contributed by atoms with Gasteiger partial charge in [0, 0.05) is 22.2 Å². The molecule has 0 aliphatic carbocycles. The van der Waals surface area contributed by atoms with Crippen LogP contribution in [-0.4, -0.2) is 4.98 Å².